The molecule has 3 nitrogen and oxygen atoms in total. The standard InChI is InChI=1S/C16H13ClO3/c1-20-16-10-11(3-9-15(16)19)2-8-14(18)12-4-6-13(17)7-5-12/h2-10,19H,1H3. The Morgan fingerprint density at radius 2 is 1.90 bits per heavy atom. The van der Waals surface area contributed by atoms with E-state index >= 15 is 0 Å². The number of carbonyl (C=O) groups is 1. The lowest BCUT2D eigenvalue weighted by Gasteiger charge is -2.03. The lowest BCUT2D eigenvalue weighted by molar-refractivity contribution is 0.104. The first-order valence-corrected chi connectivity index (χ1v) is 6.33. The lowest BCUT2D eigenvalue weighted by atomic mass is 10.1. The molecule has 0 fully saturated rings. The minimum Gasteiger partial charge on any atom is -0.504 e. The van der Waals surface area contributed by atoms with Crippen LogP contribution in [0.3, 0.4) is 0 Å². The van der Waals surface area contributed by atoms with Crippen LogP contribution in [0.2, 0.25) is 5.02 Å². The van der Waals surface area contributed by atoms with Gasteiger partial charge in [0, 0.05) is 10.6 Å². The van der Waals surface area contributed by atoms with Gasteiger partial charge in [0.1, 0.15) is 0 Å². The van der Waals surface area contributed by atoms with Crippen molar-refractivity contribution < 1.29 is 14.6 Å². The van der Waals surface area contributed by atoms with Crippen molar-refractivity contribution in [2.45, 2.75) is 0 Å². The molecule has 0 aromatic heterocycles. The topological polar surface area (TPSA) is 46.5 Å². The SMILES string of the molecule is COc1cc(C=CC(=O)c2ccc(Cl)cc2)ccc1O. The van der Waals surface area contributed by atoms with Crippen molar-refractivity contribution in [1.29, 1.82) is 0 Å². The van der Waals surface area contributed by atoms with Crippen LogP contribution in [0.25, 0.3) is 6.08 Å². The van der Waals surface area contributed by atoms with Crippen LogP contribution in [-0.2, 0) is 0 Å². The number of benzene rings is 2. The van der Waals surface area contributed by atoms with Crippen molar-refractivity contribution in [3.05, 3.63) is 64.7 Å². The molecule has 0 aliphatic heterocycles. The summed E-state index contributed by atoms with van der Waals surface area (Å²) < 4.78 is 5.01. The summed E-state index contributed by atoms with van der Waals surface area (Å²) in [5, 5.41) is 10.1. The number of methoxy groups -OCH3 is 1. The van der Waals surface area contributed by atoms with Gasteiger partial charge in [-0.3, -0.25) is 4.79 Å². The molecule has 0 saturated carbocycles. The largest absolute Gasteiger partial charge is 0.504 e. The van der Waals surface area contributed by atoms with E-state index < -0.39 is 0 Å². The smallest absolute Gasteiger partial charge is 0.185 e. The minimum absolute atomic E-state index is 0.0636. The molecule has 0 atom stereocenters. The van der Waals surface area contributed by atoms with Crippen molar-refractivity contribution in [3.8, 4) is 11.5 Å². The fourth-order valence-electron chi connectivity index (χ4n) is 1.68. The molecule has 2 aromatic rings. The summed E-state index contributed by atoms with van der Waals surface area (Å²) in [4.78, 5) is 11.9. The fraction of sp³-hybridized carbons (Fsp3) is 0.0625. The number of aromatic hydroxyl groups is 1. The second kappa shape index (κ2) is 6.26. The molecule has 0 saturated heterocycles. The zero-order chi connectivity index (χ0) is 14.5. The van der Waals surface area contributed by atoms with Gasteiger partial charge in [-0.05, 0) is 48.0 Å². The number of hydrogen-bond donors (Lipinski definition) is 1. The molecule has 1 N–H and O–H groups in total. The van der Waals surface area contributed by atoms with E-state index in [1.54, 1.807) is 42.5 Å². The Kier molecular flexibility index (Phi) is 4.43. The minimum atomic E-state index is -0.117. The third-order valence-electron chi connectivity index (χ3n) is 2.76. The van der Waals surface area contributed by atoms with Crippen LogP contribution in [0.4, 0.5) is 0 Å². The normalized spacial score (nSPS) is 10.7. The molecule has 0 unspecified atom stereocenters. The number of halogens is 1. The second-order valence-corrected chi connectivity index (χ2v) is 4.57. The van der Waals surface area contributed by atoms with E-state index in [9.17, 15) is 9.90 Å². The highest BCUT2D eigenvalue weighted by Gasteiger charge is 2.03. The molecule has 0 aliphatic rings. The first-order valence-electron chi connectivity index (χ1n) is 5.95. The Morgan fingerprint density at radius 3 is 2.55 bits per heavy atom. The molecule has 2 rings (SSSR count). The molecule has 0 heterocycles. The third kappa shape index (κ3) is 3.39. The van der Waals surface area contributed by atoms with Gasteiger partial charge in [-0.15, -0.1) is 0 Å². The van der Waals surface area contributed by atoms with Gasteiger partial charge >= 0.3 is 0 Å². The second-order valence-electron chi connectivity index (χ2n) is 4.14. The van der Waals surface area contributed by atoms with E-state index in [1.807, 2.05) is 0 Å². The molecule has 0 bridgehead atoms. The van der Waals surface area contributed by atoms with Gasteiger partial charge in [-0.2, -0.15) is 0 Å². The van der Waals surface area contributed by atoms with Gasteiger partial charge in [0.2, 0.25) is 0 Å². The van der Waals surface area contributed by atoms with Crippen LogP contribution in [0.5, 0.6) is 11.5 Å². The Hall–Kier alpha value is -2.26. The number of phenols is 1. The van der Waals surface area contributed by atoms with Gasteiger partial charge in [0.25, 0.3) is 0 Å². The summed E-state index contributed by atoms with van der Waals surface area (Å²) in [6.07, 6.45) is 3.13. The van der Waals surface area contributed by atoms with E-state index in [2.05, 4.69) is 0 Å². The molecular formula is C16H13ClO3. The number of ketones is 1. The maximum absolute atomic E-state index is 11.9. The predicted molar refractivity (Wildman–Crippen MR) is 79.5 cm³/mol. The number of allylic oxidation sites excluding steroid dienone is 1. The Bertz CT molecular complexity index is 645. The van der Waals surface area contributed by atoms with Crippen molar-refractivity contribution in [2.75, 3.05) is 7.11 Å². The van der Waals surface area contributed by atoms with E-state index in [1.165, 1.54) is 19.3 Å². The van der Waals surface area contributed by atoms with Gasteiger partial charge in [0.15, 0.2) is 17.3 Å². The van der Waals surface area contributed by atoms with Crippen LogP contribution < -0.4 is 4.74 Å². The third-order valence-corrected chi connectivity index (χ3v) is 3.01. The highest BCUT2D eigenvalue weighted by molar-refractivity contribution is 6.30. The maximum atomic E-state index is 11.9. The molecule has 102 valence electrons. The highest BCUT2D eigenvalue weighted by atomic mass is 35.5. The molecule has 2 aromatic carbocycles. The van der Waals surface area contributed by atoms with Crippen LogP contribution in [0, 0.1) is 0 Å². The highest BCUT2D eigenvalue weighted by Crippen LogP contribution is 2.26. The number of rotatable bonds is 4. The van der Waals surface area contributed by atoms with Crippen LogP contribution in [-0.4, -0.2) is 18.0 Å². The van der Waals surface area contributed by atoms with E-state index in [4.69, 9.17) is 16.3 Å². The van der Waals surface area contributed by atoms with Gasteiger partial charge < -0.3 is 9.84 Å². The average molecular weight is 289 g/mol. The maximum Gasteiger partial charge on any atom is 0.185 e. The van der Waals surface area contributed by atoms with E-state index in [0.29, 0.717) is 16.3 Å². The van der Waals surface area contributed by atoms with Crippen molar-refractivity contribution in [1.82, 2.24) is 0 Å². The van der Waals surface area contributed by atoms with E-state index in [-0.39, 0.29) is 11.5 Å². The fourth-order valence-corrected chi connectivity index (χ4v) is 1.81. The summed E-state index contributed by atoms with van der Waals surface area (Å²) in [5.74, 6) is 0.313. The zero-order valence-electron chi connectivity index (χ0n) is 10.8. The molecule has 0 aliphatic carbocycles. The van der Waals surface area contributed by atoms with Crippen molar-refractivity contribution in [3.63, 3.8) is 0 Å². The predicted octanol–water partition coefficient (Wildman–Crippen LogP) is 3.95. The Balaban J connectivity index is 2.16. The zero-order valence-corrected chi connectivity index (χ0v) is 11.6. The van der Waals surface area contributed by atoms with Crippen LogP contribution >= 0.6 is 11.6 Å². The first-order chi connectivity index (χ1) is 9.60. The monoisotopic (exact) mass is 288 g/mol. The van der Waals surface area contributed by atoms with Gasteiger partial charge in [-0.1, -0.05) is 23.7 Å². The van der Waals surface area contributed by atoms with Crippen LogP contribution in [0.1, 0.15) is 15.9 Å². The molecule has 0 radical (unpaired) electrons. The van der Waals surface area contributed by atoms with Crippen LogP contribution in [0.15, 0.2) is 48.5 Å². The first kappa shape index (κ1) is 14.2. The van der Waals surface area contributed by atoms with Crippen molar-refractivity contribution in [2.24, 2.45) is 0 Å². The Labute approximate surface area is 122 Å². The summed E-state index contributed by atoms with van der Waals surface area (Å²) in [5.41, 5.74) is 1.33. The summed E-state index contributed by atoms with van der Waals surface area (Å²) in [6.45, 7) is 0. The molecule has 4 heteroatoms. The quantitative estimate of drug-likeness (QED) is 0.684. The summed E-state index contributed by atoms with van der Waals surface area (Å²) in [6, 6.07) is 11.6. The number of ether oxygens (including phenoxy) is 1. The lowest BCUT2D eigenvalue weighted by Crippen LogP contribution is -1.93. The Morgan fingerprint density at radius 1 is 1.20 bits per heavy atom. The van der Waals surface area contributed by atoms with E-state index in [0.717, 1.165) is 5.56 Å². The summed E-state index contributed by atoms with van der Waals surface area (Å²) in [7, 11) is 1.47. The number of hydrogen-bond acceptors (Lipinski definition) is 3. The van der Waals surface area contributed by atoms with Gasteiger partial charge in [-0.25, -0.2) is 0 Å². The molecule has 20 heavy (non-hydrogen) atoms. The number of carbonyl (C=O) groups excluding carboxylic acids is 1. The van der Waals surface area contributed by atoms with Crippen molar-refractivity contribution >= 4 is 23.5 Å². The summed E-state index contributed by atoms with van der Waals surface area (Å²) >= 11 is 5.77. The number of phenolic OH excluding ortho intramolecular Hbond substituents is 1. The molecular weight excluding hydrogens is 276 g/mol. The average Bonchev–Trinajstić information content (AvgIpc) is 2.46. The van der Waals surface area contributed by atoms with Gasteiger partial charge in [0.05, 0.1) is 7.11 Å². The molecule has 0 spiro atoms. The molecule has 0 amide bonds.